The molecule has 0 radical (unpaired) electrons. The fourth-order valence-electron chi connectivity index (χ4n) is 3.17. The van der Waals surface area contributed by atoms with Crippen molar-refractivity contribution in [3.05, 3.63) is 90.0 Å². The van der Waals surface area contributed by atoms with Crippen molar-refractivity contribution in [2.45, 2.75) is 31.7 Å². The van der Waals surface area contributed by atoms with E-state index in [1.54, 1.807) is 36.4 Å². The number of carbonyl (C=O) groups is 1. The zero-order chi connectivity index (χ0) is 23.1. The predicted molar refractivity (Wildman–Crippen MR) is 126 cm³/mol. The van der Waals surface area contributed by atoms with E-state index in [9.17, 15) is 13.2 Å². The van der Waals surface area contributed by atoms with E-state index in [4.69, 9.17) is 4.74 Å². The molecule has 1 amide bonds. The quantitative estimate of drug-likeness (QED) is 0.531. The highest BCUT2D eigenvalue weighted by Crippen LogP contribution is 2.24. The van der Waals surface area contributed by atoms with E-state index in [1.807, 2.05) is 51.1 Å². The second-order valence-electron chi connectivity index (χ2n) is 7.76. The summed E-state index contributed by atoms with van der Waals surface area (Å²) in [5, 5.41) is 2.83. The van der Waals surface area contributed by atoms with Crippen molar-refractivity contribution < 1.29 is 17.9 Å². The summed E-state index contributed by atoms with van der Waals surface area (Å²) in [6.45, 7) is 5.62. The second kappa shape index (κ2) is 10.3. The Kier molecular flexibility index (Phi) is 7.53. The minimum absolute atomic E-state index is 0.130. The van der Waals surface area contributed by atoms with Crippen molar-refractivity contribution in [3.8, 4) is 5.75 Å². The molecule has 1 N–H and O–H groups in total. The molecule has 1 unspecified atom stereocenters. The van der Waals surface area contributed by atoms with Gasteiger partial charge in [0.1, 0.15) is 18.9 Å². The summed E-state index contributed by atoms with van der Waals surface area (Å²) in [4.78, 5) is 12.9. The number of hydrogen-bond acceptors (Lipinski definition) is 4. The lowest BCUT2D eigenvalue weighted by atomic mass is 10.2. The number of amides is 1. The van der Waals surface area contributed by atoms with Gasteiger partial charge in [0, 0.05) is 0 Å². The Bertz CT molecular complexity index is 1150. The third-order valence-corrected chi connectivity index (χ3v) is 6.62. The van der Waals surface area contributed by atoms with Gasteiger partial charge in [-0.05, 0) is 62.7 Å². The van der Waals surface area contributed by atoms with Gasteiger partial charge in [0.15, 0.2) is 0 Å². The molecule has 0 bridgehead atoms. The van der Waals surface area contributed by atoms with Crippen molar-refractivity contribution in [2.24, 2.45) is 0 Å². The van der Waals surface area contributed by atoms with Crippen LogP contribution in [0.5, 0.6) is 5.75 Å². The molecule has 0 aliphatic rings. The Morgan fingerprint density at radius 3 is 2.28 bits per heavy atom. The Labute approximate surface area is 189 Å². The number of hydrogen-bond donors (Lipinski definition) is 1. The maximum Gasteiger partial charge on any atom is 0.264 e. The second-order valence-corrected chi connectivity index (χ2v) is 9.62. The standard InChI is InChI=1S/C25H28N2O4S/c1-19-12-14-23(15-13-19)31-18-21(3)26-25(28)17-27(22-9-7-8-20(2)16-22)32(29,30)24-10-5-4-6-11-24/h4-16,21H,17-18H2,1-3H3,(H,26,28). The van der Waals surface area contributed by atoms with Crippen molar-refractivity contribution in [1.29, 1.82) is 0 Å². The molecule has 1 atom stereocenters. The SMILES string of the molecule is Cc1ccc(OCC(C)NC(=O)CN(c2cccc(C)c2)S(=O)(=O)c2ccccc2)cc1. The molecule has 0 heterocycles. The van der Waals surface area contributed by atoms with E-state index in [0.717, 1.165) is 15.4 Å². The van der Waals surface area contributed by atoms with Gasteiger partial charge in [-0.1, -0.05) is 48.0 Å². The molecule has 32 heavy (non-hydrogen) atoms. The highest BCUT2D eigenvalue weighted by Gasteiger charge is 2.27. The molecular formula is C25H28N2O4S. The molecule has 0 fully saturated rings. The minimum Gasteiger partial charge on any atom is -0.491 e. The first kappa shape index (κ1) is 23.3. The summed E-state index contributed by atoms with van der Waals surface area (Å²) in [5.74, 6) is 0.302. The van der Waals surface area contributed by atoms with E-state index in [1.165, 1.54) is 12.1 Å². The van der Waals surface area contributed by atoms with Gasteiger partial charge < -0.3 is 10.1 Å². The summed E-state index contributed by atoms with van der Waals surface area (Å²) < 4.78 is 33.5. The third kappa shape index (κ3) is 6.11. The number of carbonyl (C=O) groups excluding carboxylic acids is 1. The first-order valence-electron chi connectivity index (χ1n) is 10.4. The molecule has 168 valence electrons. The molecule has 6 nitrogen and oxygen atoms in total. The van der Waals surface area contributed by atoms with Gasteiger partial charge in [0.05, 0.1) is 16.6 Å². The number of aryl methyl sites for hydroxylation is 2. The van der Waals surface area contributed by atoms with Crippen LogP contribution in [0.15, 0.2) is 83.8 Å². The minimum atomic E-state index is -3.92. The van der Waals surface area contributed by atoms with Crippen LogP contribution in [0, 0.1) is 13.8 Å². The van der Waals surface area contributed by atoms with Crippen LogP contribution < -0.4 is 14.4 Å². The number of nitrogens with one attached hydrogen (secondary N) is 1. The summed E-state index contributed by atoms with van der Waals surface area (Å²) >= 11 is 0. The molecule has 3 aromatic carbocycles. The number of benzene rings is 3. The fraction of sp³-hybridized carbons (Fsp3) is 0.240. The Morgan fingerprint density at radius 2 is 1.62 bits per heavy atom. The summed E-state index contributed by atoms with van der Waals surface area (Å²) in [7, 11) is -3.92. The molecule has 0 aromatic heterocycles. The highest BCUT2D eigenvalue weighted by molar-refractivity contribution is 7.92. The molecule has 0 aliphatic carbocycles. The summed E-state index contributed by atoms with van der Waals surface area (Å²) in [5.41, 5.74) is 2.47. The average molecular weight is 453 g/mol. The van der Waals surface area contributed by atoms with Crippen molar-refractivity contribution in [1.82, 2.24) is 5.32 Å². The first-order chi connectivity index (χ1) is 15.3. The van der Waals surface area contributed by atoms with E-state index < -0.39 is 15.9 Å². The van der Waals surface area contributed by atoms with E-state index in [0.29, 0.717) is 11.4 Å². The number of sulfonamides is 1. The van der Waals surface area contributed by atoms with Crippen molar-refractivity contribution in [3.63, 3.8) is 0 Å². The van der Waals surface area contributed by atoms with Crippen LogP contribution in [0.1, 0.15) is 18.1 Å². The maximum absolute atomic E-state index is 13.3. The molecule has 7 heteroatoms. The molecular weight excluding hydrogens is 424 g/mol. The Hall–Kier alpha value is -3.32. The Balaban J connectivity index is 1.73. The maximum atomic E-state index is 13.3. The molecule has 0 saturated heterocycles. The van der Waals surface area contributed by atoms with Crippen LogP contribution >= 0.6 is 0 Å². The fourth-order valence-corrected chi connectivity index (χ4v) is 4.60. The molecule has 0 aliphatic heterocycles. The summed E-state index contributed by atoms with van der Waals surface area (Å²) in [6, 6.07) is 22.5. The predicted octanol–water partition coefficient (Wildman–Crippen LogP) is 4.08. The summed E-state index contributed by atoms with van der Waals surface area (Å²) in [6.07, 6.45) is 0. The van der Waals surface area contributed by atoms with Gasteiger partial charge >= 0.3 is 0 Å². The van der Waals surface area contributed by atoms with E-state index in [-0.39, 0.29) is 24.1 Å². The van der Waals surface area contributed by atoms with E-state index >= 15 is 0 Å². The van der Waals surface area contributed by atoms with Crippen LogP contribution in [0.3, 0.4) is 0 Å². The van der Waals surface area contributed by atoms with Crippen LogP contribution in [0.4, 0.5) is 5.69 Å². The van der Waals surface area contributed by atoms with Gasteiger partial charge in [0.2, 0.25) is 5.91 Å². The van der Waals surface area contributed by atoms with Crippen LogP contribution in [-0.4, -0.2) is 33.5 Å². The molecule has 0 saturated carbocycles. The molecule has 3 rings (SSSR count). The van der Waals surface area contributed by atoms with Crippen LogP contribution in [0.25, 0.3) is 0 Å². The topological polar surface area (TPSA) is 75.7 Å². The van der Waals surface area contributed by atoms with Gasteiger partial charge in [-0.3, -0.25) is 9.10 Å². The zero-order valence-corrected chi connectivity index (χ0v) is 19.3. The van der Waals surface area contributed by atoms with Gasteiger partial charge in [-0.2, -0.15) is 0 Å². The third-order valence-electron chi connectivity index (χ3n) is 4.84. The van der Waals surface area contributed by atoms with Crippen molar-refractivity contribution in [2.75, 3.05) is 17.5 Å². The van der Waals surface area contributed by atoms with Gasteiger partial charge in [0.25, 0.3) is 10.0 Å². The number of nitrogens with zero attached hydrogens (tertiary/aromatic N) is 1. The number of ether oxygens (including phenoxy) is 1. The Morgan fingerprint density at radius 1 is 0.938 bits per heavy atom. The smallest absolute Gasteiger partial charge is 0.264 e. The molecule has 3 aromatic rings. The highest BCUT2D eigenvalue weighted by atomic mass is 32.2. The van der Waals surface area contributed by atoms with Gasteiger partial charge in [-0.15, -0.1) is 0 Å². The van der Waals surface area contributed by atoms with Crippen LogP contribution in [-0.2, 0) is 14.8 Å². The number of anilines is 1. The average Bonchev–Trinajstić information content (AvgIpc) is 2.77. The lowest BCUT2D eigenvalue weighted by molar-refractivity contribution is -0.120. The van der Waals surface area contributed by atoms with Gasteiger partial charge in [-0.25, -0.2) is 8.42 Å². The zero-order valence-electron chi connectivity index (χ0n) is 18.5. The monoisotopic (exact) mass is 452 g/mol. The first-order valence-corrected chi connectivity index (χ1v) is 11.8. The normalized spacial score (nSPS) is 12.1. The lowest BCUT2D eigenvalue weighted by Crippen LogP contribution is -2.45. The lowest BCUT2D eigenvalue weighted by Gasteiger charge is -2.25. The number of rotatable bonds is 9. The van der Waals surface area contributed by atoms with Crippen molar-refractivity contribution >= 4 is 21.6 Å². The molecule has 0 spiro atoms. The largest absolute Gasteiger partial charge is 0.491 e. The van der Waals surface area contributed by atoms with E-state index in [2.05, 4.69) is 5.32 Å². The van der Waals surface area contributed by atoms with Crippen LogP contribution in [0.2, 0.25) is 0 Å².